The predicted octanol–water partition coefficient (Wildman–Crippen LogP) is 6.91. The van der Waals surface area contributed by atoms with Gasteiger partial charge < -0.3 is 15.4 Å². The highest BCUT2D eigenvalue weighted by atomic mass is 35.5. The highest BCUT2D eigenvalue weighted by Gasteiger charge is 2.23. The van der Waals surface area contributed by atoms with E-state index >= 15 is 0 Å². The van der Waals surface area contributed by atoms with Crippen molar-refractivity contribution in [2.75, 3.05) is 0 Å². The molecule has 5 aromatic rings. The molecule has 0 aliphatic heterocycles. The maximum absolute atomic E-state index is 13.2. The van der Waals surface area contributed by atoms with Crippen LogP contribution >= 0.6 is 11.6 Å². The van der Waals surface area contributed by atoms with Crippen molar-refractivity contribution in [3.8, 4) is 22.5 Å². The molecule has 2 aromatic heterocycles. The summed E-state index contributed by atoms with van der Waals surface area (Å²) >= 11 is 6.64. The summed E-state index contributed by atoms with van der Waals surface area (Å²) in [6, 6.07) is 21.1. The second kappa shape index (κ2) is 10.9. The SMILES string of the molecule is CCC[C@H](NC(=O)c1ccc(-c2c(Cl)cccc2-c2nc3ccccc3[nH]2)c(C(=O)O)c1)c1cccnc1. The molecule has 1 atom stereocenters. The summed E-state index contributed by atoms with van der Waals surface area (Å²) in [6.07, 6.45) is 4.99. The Hall–Kier alpha value is -4.49. The zero-order valence-electron chi connectivity index (χ0n) is 20.6. The van der Waals surface area contributed by atoms with Crippen molar-refractivity contribution in [1.29, 1.82) is 0 Å². The third kappa shape index (κ3) is 5.01. The average Bonchev–Trinajstić information content (AvgIpc) is 3.37. The normalized spacial score (nSPS) is 11.8. The Balaban J connectivity index is 1.55. The molecule has 0 bridgehead atoms. The van der Waals surface area contributed by atoms with Crippen LogP contribution < -0.4 is 5.32 Å². The van der Waals surface area contributed by atoms with Gasteiger partial charge in [-0.2, -0.15) is 0 Å². The molecule has 3 aromatic carbocycles. The van der Waals surface area contributed by atoms with Gasteiger partial charge in [-0.15, -0.1) is 0 Å². The maximum atomic E-state index is 13.2. The van der Waals surface area contributed by atoms with Crippen molar-refractivity contribution in [2.45, 2.75) is 25.8 Å². The van der Waals surface area contributed by atoms with Gasteiger partial charge in [0.1, 0.15) is 5.82 Å². The van der Waals surface area contributed by atoms with Crippen LogP contribution in [0.25, 0.3) is 33.5 Å². The second-order valence-corrected chi connectivity index (χ2v) is 9.34. The number of carbonyl (C=O) groups excluding carboxylic acids is 1. The first kappa shape index (κ1) is 25.2. The Morgan fingerprint density at radius 3 is 2.61 bits per heavy atom. The zero-order chi connectivity index (χ0) is 26.6. The molecule has 0 saturated carbocycles. The number of pyridine rings is 1. The average molecular weight is 525 g/mol. The summed E-state index contributed by atoms with van der Waals surface area (Å²) in [5.41, 5.74) is 4.33. The molecule has 5 rings (SSSR count). The maximum Gasteiger partial charge on any atom is 0.336 e. The molecular weight excluding hydrogens is 500 g/mol. The molecule has 8 heteroatoms. The number of nitrogens with zero attached hydrogens (tertiary/aromatic N) is 2. The Morgan fingerprint density at radius 2 is 1.87 bits per heavy atom. The van der Waals surface area contributed by atoms with E-state index in [0.29, 0.717) is 27.5 Å². The standard InChI is InChI=1S/C30H25ClN4O3/c1-2-7-24(19-8-6-15-32-17-19)35-29(36)18-13-14-20(22(16-18)30(37)38)27-21(9-5-10-23(27)31)28-33-25-11-3-4-12-26(25)34-28/h3-6,8-17,24H,2,7H2,1H3,(H,33,34)(H,35,36)(H,37,38)/t24-/m0/s1. The van der Waals surface area contributed by atoms with Crippen LogP contribution in [-0.2, 0) is 0 Å². The van der Waals surface area contributed by atoms with E-state index < -0.39 is 5.97 Å². The van der Waals surface area contributed by atoms with Gasteiger partial charge in [0.15, 0.2) is 0 Å². The van der Waals surface area contributed by atoms with E-state index in [4.69, 9.17) is 11.6 Å². The number of benzene rings is 3. The van der Waals surface area contributed by atoms with Gasteiger partial charge >= 0.3 is 5.97 Å². The minimum Gasteiger partial charge on any atom is -0.478 e. The smallest absolute Gasteiger partial charge is 0.336 e. The van der Waals surface area contributed by atoms with Gasteiger partial charge in [-0.3, -0.25) is 9.78 Å². The first-order valence-electron chi connectivity index (χ1n) is 12.3. The van der Waals surface area contributed by atoms with Crippen LogP contribution in [0.15, 0.2) is 85.2 Å². The zero-order valence-corrected chi connectivity index (χ0v) is 21.4. The summed E-state index contributed by atoms with van der Waals surface area (Å²) in [4.78, 5) is 37.7. The predicted molar refractivity (Wildman–Crippen MR) is 148 cm³/mol. The lowest BCUT2D eigenvalue weighted by atomic mass is 9.93. The van der Waals surface area contributed by atoms with Gasteiger partial charge in [0.2, 0.25) is 0 Å². The number of fused-ring (bicyclic) bond motifs is 1. The molecule has 0 unspecified atom stereocenters. The van der Waals surface area contributed by atoms with Crippen molar-refractivity contribution in [2.24, 2.45) is 0 Å². The number of carboxylic acid groups (broad SMARTS) is 1. The van der Waals surface area contributed by atoms with Crippen molar-refractivity contribution >= 4 is 34.5 Å². The minimum absolute atomic E-state index is 0.0310. The number of rotatable bonds is 8. The van der Waals surface area contributed by atoms with E-state index in [1.807, 2.05) is 49.4 Å². The number of hydrogen-bond acceptors (Lipinski definition) is 4. The van der Waals surface area contributed by atoms with Crippen LogP contribution in [0, 0.1) is 0 Å². The molecule has 7 nitrogen and oxygen atoms in total. The van der Waals surface area contributed by atoms with Crippen molar-refractivity contribution < 1.29 is 14.7 Å². The number of para-hydroxylation sites is 2. The summed E-state index contributed by atoms with van der Waals surface area (Å²) in [5.74, 6) is -0.957. The summed E-state index contributed by atoms with van der Waals surface area (Å²) in [7, 11) is 0. The van der Waals surface area contributed by atoms with E-state index in [0.717, 1.165) is 29.4 Å². The monoisotopic (exact) mass is 524 g/mol. The first-order chi connectivity index (χ1) is 18.5. The van der Waals surface area contributed by atoms with Crippen molar-refractivity contribution in [1.82, 2.24) is 20.3 Å². The van der Waals surface area contributed by atoms with Crippen molar-refractivity contribution in [3.63, 3.8) is 0 Å². The molecule has 2 heterocycles. The molecule has 38 heavy (non-hydrogen) atoms. The van der Waals surface area contributed by atoms with Crippen LogP contribution in [0.2, 0.25) is 5.02 Å². The number of amides is 1. The van der Waals surface area contributed by atoms with Crippen LogP contribution in [0.4, 0.5) is 0 Å². The molecule has 0 spiro atoms. The Labute approximate surface area is 224 Å². The summed E-state index contributed by atoms with van der Waals surface area (Å²) < 4.78 is 0. The fourth-order valence-electron chi connectivity index (χ4n) is 4.59. The highest BCUT2D eigenvalue weighted by molar-refractivity contribution is 6.34. The van der Waals surface area contributed by atoms with E-state index in [1.165, 1.54) is 6.07 Å². The Morgan fingerprint density at radius 1 is 1.03 bits per heavy atom. The molecular formula is C30H25ClN4O3. The first-order valence-corrected chi connectivity index (χ1v) is 12.7. The highest BCUT2D eigenvalue weighted by Crippen LogP contribution is 2.39. The number of aromatic nitrogens is 3. The summed E-state index contributed by atoms with van der Waals surface area (Å²) in [5, 5.41) is 13.5. The van der Waals surface area contributed by atoms with Gasteiger partial charge in [0, 0.05) is 34.1 Å². The molecule has 0 aliphatic rings. The number of aromatic amines is 1. The lowest BCUT2D eigenvalue weighted by molar-refractivity contribution is 0.0697. The number of carbonyl (C=O) groups is 2. The van der Waals surface area contributed by atoms with E-state index in [2.05, 4.69) is 20.3 Å². The van der Waals surface area contributed by atoms with Crippen LogP contribution in [0.1, 0.15) is 52.1 Å². The number of aromatic carboxylic acids is 1. The van der Waals surface area contributed by atoms with E-state index in [-0.39, 0.29) is 23.1 Å². The fourth-order valence-corrected chi connectivity index (χ4v) is 4.87. The lowest BCUT2D eigenvalue weighted by Crippen LogP contribution is -2.28. The van der Waals surface area contributed by atoms with Gasteiger partial charge in [-0.25, -0.2) is 9.78 Å². The van der Waals surface area contributed by atoms with Gasteiger partial charge in [0.25, 0.3) is 5.91 Å². The third-order valence-electron chi connectivity index (χ3n) is 6.41. The number of nitrogens with one attached hydrogen (secondary N) is 2. The molecule has 1 amide bonds. The molecule has 0 fully saturated rings. The third-order valence-corrected chi connectivity index (χ3v) is 6.72. The number of halogens is 1. The Bertz CT molecular complexity index is 1600. The Kier molecular flexibility index (Phi) is 7.20. The molecule has 190 valence electrons. The van der Waals surface area contributed by atoms with E-state index in [1.54, 1.807) is 36.7 Å². The molecule has 0 aliphatic carbocycles. The summed E-state index contributed by atoms with van der Waals surface area (Å²) in [6.45, 7) is 2.04. The van der Waals surface area contributed by atoms with Crippen LogP contribution in [0.5, 0.6) is 0 Å². The lowest BCUT2D eigenvalue weighted by Gasteiger charge is -2.19. The molecule has 0 radical (unpaired) electrons. The molecule has 0 saturated heterocycles. The van der Waals surface area contributed by atoms with Crippen LogP contribution in [0.3, 0.4) is 0 Å². The van der Waals surface area contributed by atoms with Crippen molar-refractivity contribution in [3.05, 3.63) is 107 Å². The fraction of sp³-hybridized carbons (Fsp3) is 0.133. The van der Waals surface area contributed by atoms with Gasteiger partial charge in [-0.05, 0) is 53.9 Å². The van der Waals surface area contributed by atoms with Crippen LogP contribution in [-0.4, -0.2) is 31.9 Å². The second-order valence-electron chi connectivity index (χ2n) is 8.93. The number of imidazole rings is 1. The van der Waals surface area contributed by atoms with Gasteiger partial charge in [0.05, 0.1) is 22.6 Å². The van der Waals surface area contributed by atoms with Gasteiger partial charge in [-0.1, -0.05) is 61.3 Å². The molecule has 3 N–H and O–H groups in total. The largest absolute Gasteiger partial charge is 0.478 e. The van der Waals surface area contributed by atoms with E-state index in [9.17, 15) is 14.7 Å². The number of hydrogen-bond donors (Lipinski definition) is 3. The number of carboxylic acids is 1. The quantitative estimate of drug-likeness (QED) is 0.204. The number of H-pyrrole nitrogens is 1. The minimum atomic E-state index is -1.16. The topological polar surface area (TPSA) is 108 Å².